The second-order valence-corrected chi connectivity index (χ2v) is 5.01. The third-order valence-electron chi connectivity index (χ3n) is 3.22. The Balaban J connectivity index is 1.58. The van der Waals surface area contributed by atoms with Crippen molar-refractivity contribution in [2.45, 2.75) is 19.9 Å². The number of nitrogens with zero attached hydrogens (tertiary/aromatic N) is 3. The first kappa shape index (κ1) is 14.1. The first-order valence-corrected chi connectivity index (χ1v) is 7.02. The molecule has 2 aromatic heterocycles. The molecule has 3 aromatic rings. The first-order valence-electron chi connectivity index (χ1n) is 7.02. The average Bonchev–Trinajstić information content (AvgIpc) is 3.15. The summed E-state index contributed by atoms with van der Waals surface area (Å²) in [6.07, 6.45) is 4.30. The van der Waals surface area contributed by atoms with Crippen molar-refractivity contribution in [3.8, 4) is 0 Å². The van der Waals surface area contributed by atoms with E-state index in [1.54, 1.807) is 30.1 Å². The summed E-state index contributed by atoms with van der Waals surface area (Å²) in [5.41, 5.74) is 2.55. The minimum absolute atomic E-state index is 0.189. The number of hydrogen-bond acceptors (Lipinski definition) is 4. The summed E-state index contributed by atoms with van der Waals surface area (Å²) in [6, 6.07) is 11.8. The summed E-state index contributed by atoms with van der Waals surface area (Å²) in [6.45, 7) is 2.52. The number of anilines is 1. The zero-order chi connectivity index (χ0) is 15.4. The molecule has 0 unspecified atom stereocenters. The number of hydrogen-bond donors (Lipinski definition) is 1. The fraction of sp³-hybridized carbons (Fsp3) is 0.188. The number of aromatic nitrogens is 3. The third kappa shape index (κ3) is 3.41. The van der Waals surface area contributed by atoms with Gasteiger partial charge >= 0.3 is 0 Å². The van der Waals surface area contributed by atoms with Crippen LogP contribution in [0.25, 0.3) is 0 Å². The van der Waals surface area contributed by atoms with Crippen molar-refractivity contribution < 1.29 is 9.32 Å². The molecule has 1 N–H and O–H groups in total. The van der Waals surface area contributed by atoms with Gasteiger partial charge in [-0.05, 0) is 18.9 Å². The molecule has 0 bridgehead atoms. The molecule has 2 heterocycles. The van der Waals surface area contributed by atoms with Crippen LogP contribution in [-0.2, 0) is 13.0 Å². The van der Waals surface area contributed by atoms with Crippen LogP contribution in [0.4, 0.5) is 5.69 Å². The topological polar surface area (TPSA) is 73.0 Å². The van der Waals surface area contributed by atoms with Crippen LogP contribution in [0.2, 0.25) is 0 Å². The largest absolute Gasteiger partial charge is 0.351 e. The minimum Gasteiger partial charge on any atom is -0.351 e. The second-order valence-electron chi connectivity index (χ2n) is 5.01. The zero-order valence-corrected chi connectivity index (χ0v) is 12.2. The number of benzene rings is 1. The molecule has 3 rings (SSSR count). The molecule has 0 fully saturated rings. The predicted molar refractivity (Wildman–Crippen MR) is 81.6 cm³/mol. The van der Waals surface area contributed by atoms with E-state index in [9.17, 15) is 4.79 Å². The van der Waals surface area contributed by atoms with Crippen LogP contribution in [0.5, 0.6) is 0 Å². The molecule has 6 heteroatoms. The molecule has 0 saturated heterocycles. The lowest BCUT2D eigenvalue weighted by atomic mass is 10.1. The average molecular weight is 296 g/mol. The van der Waals surface area contributed by atoms with Crippen molar-refractivity contribution in [1.29, 1.82) is 0 Å². The van der Waals surface area contributed by atoms with E-state index in [0.29, 0.717) is 11.4 Å². The molecule has 0 aliphatic heterocycles. The Kier molecular flexibility index (Phi) is 4.00. The smallest absolute Gasteiger partial charge is 0.294 e. The standard InChI is InChI=1S/C16H16N4O2/c1-12-9-15(22-19-12)16(21)18-14-10-17-20(11-14)8-7-13-5-3-2-4-6-13/h2-6,9-11H,7-8H2,1H3,(H,18,21). The van der Waals surface area contributed by atoms with Gasteiger partial charge in [0.15, 0.2) is 0 Å². The quantitative estimate of drug-likeness (QED) is 0.785. The summed E-state index contributed by atoms with van der Waals surface area (Å²) in [7, 11) is 0. The van der Waals surface area contributed by atoms with Gasteiger partial charge in [-0.3, -0.25) is 9.48 Å². The van der Waals surface area contributed by atoms with Gasteiger partial charge in [-0.2, -0.15) is 5.10 Å². The van der Waals surface area contributed by atoms with E-state index in [2.05, 4.69) is 27.7 Å². The lowest BCUT2D eigenvalue weighted by molar-refractivity contribution is 0.0988. The van der Waals surface area contributed by atoms with Crippen LogP contribution in [0.15, 0.2) is 53.3 Å². The molecule has 0 radical (unpaired) electrons. The highest BCUT2D eigenvalue weighted by atomic mass is 16.5. The number of rotatable bonds is 5. The van der Waals surface area contributed by atoms with Gasteiger partial charge in [0, 0.05) is 18.8 Å². The summed E-state index contributed by atoms with van der Waals surface area (Å²) in [5, 5.41) is 10.7. The molecular weight excluding hydrogens is 280 g/mol. The SMILES string of the molecule is Cc1cc(C(=O)Nc2cnn(CCc3ccccc3)c2)on1. The number of carbonyl (C=O) groups is 1. The Morgan fingerprint density at radius 3 is 2.86 bits per heavy atom. The van der Waals surface area contributed by atoms with Gasteiger partial charge in [-0.1, -0.05) is 35.5 Å². The highest BCUT2D eigenvalue weighted by molar-refractivity contribution is 6.02. The fourth-order valence-electron chi connectivity index (χ4n) is 2.10. The lowest BCUT2D eigenvalue weighted by Crippen LogP contribution is -2.10. The van der Waals surface area contributed by atoms with Gasteiger partial charge < -0.3 is 9.84 Å². The Labute approximate surface area is 127 Å². The van der Waals surface area contributed by atoms with Crippen molar-refractivity contribution >= 4 is 11.6 Å². The maximum atomic E-state index is 11.9. The molecule has 0 aliphatic carbocycles. The summed E-state index contributed by atoms with van der Waals surface area (Å²) < 4.78 is 6.72. The van der Waals surface area contributed by atoms with Crippen LogP contribution >= 0.6 is 0 Å². The second kappa shape index (κ2) is 6.26. The number of nitrogens with one attached hydrogen (secondary N) is 1. The van der Waals surface area contributed by atoms with E-state index in [0.717, 1.165) is 13.0 Å². The van der Waals surface area contributed by atoms with Gasteiger partial charge in [0.1, 0.15) is 0 Å². The summed E-state index contributed by atoms with van der Waals surface area (Å²) in [5.74, 6) is -0.141. The third-order valence-corrected chi connectivity index (χ3v) is 3.22. The summed E-state index contributed by atoms with van der Waals surface area (Å²) >= 11 is 0. The Bertz CT molecular complexity index is 761. The molecule has 0 aliphatic rings. The van der Waals surface area contributed by atoms with E-state index in [-0.39, 0.29) is 11.7 Å². The number of carbonyl (C=O) groups excluding carboxylic acids is 1. The van der Waals surface area contributed by atoms with E-state index in [1.165, 1.54) is 5.56 Å². The van der Waals surface area contributed by atoms with Gasteiger partial charge in [-0.15, -0.1) is 0 Å². The van der Waals surface area contributed by atoms with Gasteiger partial charge in [0.2, 0.25) is 5.76 Å². The van der Waals surface area contributed by atoms with Crippen LogP contribution < -0.4 is 5.32 Å². The lowest BCUT2D eigenvalue weighted by Gasteiger charge is -2.01. The molecule has 1 aromatic carbocycles. The Hall–Kier alpha value is -2.89. The van der Waals surface area contributed by atoms with Crippen LogP contribution in [0.3, 0.4) is 0 Å². The molecule has 22 heavy (non-hydrogen) atoms. The molecule has 0 atom stereocenters. The molecule has 6 nitrogen and oxygen atoms in total. The van der Waals surface area contributed by atoms with Crippen molar-refractivity contribution in [3.05, 3.63) is 65.8 Å². The predicted octanol–water partition coefficient (Wildman–Crippen LogP) is 2.67. The van der Waals surface area contributed by atoms with Crippen molar-refractivity contribution in [2.24, 2.45) is 0 Å². The first-order chi connectivity index (χ1) is 10.7. The van der Waals surface area contributed by atoms with E-state index in [4.69, 9.17) is 4.52 Å². The van der Waals surface area contributed by atoms with Gasteiger partial charge in [0.05, 0.1) is 17.6 Å². The summed E-state index contributed by atoms with van der Waals surface area (Å²) in [4.78, 5) is 11.9. The molecule has 0 saturated carbocycles. The molecule has 1 amide bonds. The van der Waals surface area contributed by atoms with Crippen LogP contribution in [0, 0.1) is 6.92 Å². The van der Waals surface area contributed by atoms with Gasteiger partial charge in [0.25, 0.3) is 5.91 Å². The molecule has 112 valence electrons. The molecular formula is C16H16N4O2. The number of aryl methyl sites for hydroxylation is 3. The van der Waals surface area contributed by atoms with E-state index < -0.39 is 0 Å². The number of amides is 1. The van der Waals surface area contributed by atoms with Crippen molar-refractivity contribution in [3.63, 3.8) is 0 Å². The maximum absolute atomic E-state index is 11.9. The maximum Gasteiger partial charge on any atom is 0.294 e. The van der Waals surface area contributed by atoms with E-state index >= 15 is 0 Å². The molecule has 0 spiro atoms. The van der Waals surface area contributed by atoms with Gasteiger partial charge in [-0.25, -0.2) is 0 Å². The highest BCUT2D eigenvalue weighted by Gasteiger charge is 2.12. The van der Waals surface area contributed by atoms with E-state index in [1.807, 2.05) is 18.2 Å². The minimum atomic E-state index is -0.330. The van der Waals surface area contributed by atoms with Crippen LogP contribution in [-0.4, -0.2) is 20.8 Å². The van der Waals surface area contributed by atoms with Crippen molar-refractivity contribution in [1.82, 2.24) is 14.9 Å². The zero-order valence-electron chi connectivity index (χ0n) is 12.2. The van der Waals surface area contributed by atoms with Crippen molar-refractivity contribution in [2.75, 3.05) is 5.32 Å². The Morgan fingerprint density at radius 1 is 1.32 bits per heavy atom. The fourth-order valence-corrected chi connectivity index (χ4v) is 2.10. The van der Waals surface area contributed by atoms with Crippen LogP contribution in [0.1, 0.15) is 21.8 Å². The Morgan fingerprint density at radius 2 is 2.14 bits per heavy atom. The highest BCUT2D eigenvalue weighted by Crippen LogP contribution is 2.10. The monoisotopic (exact) mass is 296 g/mol. The normalized spacial score (nSPS) is 10.6.